The molecule has 0 saturated carbocycles. The summed E-state index contributed by atoms with van der Waals surface area (Å²) in [5.41, 5.74) is 5.22. The van der Waals surface area contributed by atoms with Crippen molar-refractivity contribution in [3.8, 4) is 17.2 Å². The Morgan fingerprint density at radius 2 is 2.14 bits per heavy atom. The maximum atomic E-state index is 13.4. The van der Waals surface area contributed by atoms with E-state index in [-0.39, 0.29) is 24.3 Å². The third-order valence-corrected chi connectivity index (χ3v) is 1.89. The van der Waals surface area contributed by atoms with Crippen LogP contribution in [0, 0.1) is 5.82 Å². The number of phenolic OH excluding ortho intramolecular Hbond substituents is 2. The molecule has 0 aromatic heterocycles. The number of nitrogens with two attached hydrogens (primary N) is 1. The molecule has 0 heterocycles. The van der Waals surface area contributed by atoms with Gasteiger partial charge in [-0.25, -0.2) is 4.39 Å². The molecule has 0 aliphatic heterocycles. The highest BCUT2D eigenvalue weighted by Gasteiger charge is 2.17. The number of methoxy groups -OCH3 is 1. The van der Waals surface area contributed by atoms with Gasteiger partial charge in [0.2, 0.25) is 0 Å². The molecule has 0 bridgehead atoms. The Kier molecular flexibility index (Phi) is 3.14. The summed E-state index contributed by atoms with van der Waals surface area (Å²) in [5, 5.41) is 18.6. The largest absolute Gasteiger partial charge is 0.504 e. The van der Waals surface area contributed by atoms with Gasteiger partial charge in [-0.2, -0.15) is 0 Å². The van der Waals surface area contributed by atoms with Gasteiger partial charge in [-0.05, 0) is 13.0 Å². The van der Waals surface area contributed by atoms with Crippen molar-refractivity contribution in [2.45, 2.75) is 6.42 Å². The lowest BCUT2D eigenvalue weighted by Gasteiger charge is -2.10. The quantitative estimate of drug-likeness (QED) is 0.631. The molecule has 0 spiro atoms. The van der Waals surface area contributed by atoms with Crippen LogP contribution in [0.4, 0.5) is 4.39 Å². The number of rotatable bonds is 3. The summed E-state index contributed by atoms with van der Waals surface area (Å²) < 4.78 is 18.1. The average molecular weight is 201 g/mol. The molecule has 78 valence electrons. The second-order valence-electron chi connectivity index (χ2n) is 2.78. The van der Waals surface area contributed by atoms with Gasteiger partial charge in [-0.3, -0.25) is 0 Å². The maximum absolute atomic E-state index is 13.4. The monoisotopic (exact) mass is 201 g/mol. The lowest BCUT2D eigenvalue weighted by Crippen LogP contribution is -2.05. The van der Waals surface area contributed by atoms with Gasteiger partial charge in [0.15, 0.2) is 23.1 Å². The number of aromatic hydroxyl groups is 2. The van der Waals surface area contributed by atoms with Crippen molar-refractivity contribution in [3.63, 3.8) is 0 Å². The smallest absolute Gasteiger partial charge is 0.172 e. The van der Waals surface area contributed by atoms with E-state index in [4.69, 9.17) is 5.73 Å². The van der Waals surface area contributed by atoms with Crippen molar-refractivity contribution in [1.29, 1.82) is 0 Å². The van der Waals surface area contributed by atoms with Crippen LogP contribution in [0.25, 0.3) is 0 Å². The summed E-state index contributed by atoms with van der Waals surface area (Å²) in [5.74, 6) is -1.68. The molecule has 1 aromatic rings. The first-order chi connectivity index (χ1) is 6.61. The van der Waals surface area contributed by atoms with E-state index in [0.717, 1.165) is 6.07 Å². The molecule has 0 unspecified atom stereocenters. The van der Waals surface area contributed by atoms with Crippen LogP contribution in [0.1, 0.15) is 5.56 Å². The number of hydrogen-bond donors (Lipinski definition) is 3. The summed E-state index contributed by atoms with van der Waals surface area (Å²) >= 11 is 0. The molecule has 0 amide bonds. The summed E-state index contributed by atoms with van der Waals surface area (Å²) in [7, 11) is 1.28. The topological polar surface area (TPSA) is 75.7 Å². The van der Waals surface area contributed by atoms with E-state index >= 15 is 0 Å². The molecule has 14 heavy (non-hydrogen) atoms. The number of halogens is 1. The Bertz CT molecular complexity index is 341. The molecule has 0 fully saturated rings. The predicted molar refractivity (Wildman–Crippen MR) is 49.0 cm³/mol. The zero-order valence-electron chi connectivity index (χ0n) is 7.75. The van der Waals surface area contributed by atoms with Gasteiger partial charge in [-0.1, -0.05) is 0 Å². The van der Waals surface area contributed by atoms with E-state index < -0.39 is 17.3 Å². The molecule has 1 aromatic carbocycles. The fourth-order valence-corrected chi connectivity index (χ4v) is 1.18. The highest BCUT2D eigenvalue weighted by Crippen LogP contribution is 2.36. The minimum atomic E-state index is -0.687. The fourth-order valence-electron chi connectivity index (χ4n) is 1.18. The highest BCUT2D eigenvalue weighted by atomic mass is 19.1. The fraction of sp³-hybridized carbons (Fsp3) is 0.333. The average Bonchev–Trinajstić information content (AvgIpc) is 2.18. The Morgan fingerprint density at radius 3 is 2.64 bits per heavy atom. The minimum Gasteiger partial charge on any atom is -0.504 e. The van der Waals surface area contributed by atoms with E-state index in [1.165, 1.54) is 7.11 Å². The molecule has 4 N–H and O–H groups in total. The van der Waals surface area contributed by atoms with Crippen LogP contribution < -0.4 is 10.5 Å². The molecular weight excluding hydrogens is 189 g/mol. The Labute approximate surface area is 80.7 Å². The second-order valence-corrected chi connectivity index (χ2v) is 2.78. The summed E-state index contributed by atoms with van der Waals surface area (Å²) in [6.07, 6.45) is 0.141. The van der Waals surface area contributed by atoms with Crippen molar-refractivity contribution in [3.05, 3.63) is 17.4 Å². The summed E-state index contributed by atoms with van der Waals surface area (Å²) in [6, 6.07) is 1.02. The van der Waals surface area contributed by atoms with Gasteiger partial charge in [0, 0.05) is 11.6 Å². The molecule has 0 aliphatic rings. The van der Waals surface area contributed by atoms with Crippen LogP contribution in [0.5, 0.6) is 17.2 Å². The number of hydrogen-bond acceptors (Lipinski definition) is 4. The first-order valence-electron chi connectivity index (χ1n) is 4.09. The third kappa shape index (κ3) is 1.72. The lowest BCUT2D eigenvalue weighted by atomic mass is 10.1. The molecule has 0 radical (unpaired) electrons. The Hall–Kier alpha value is -1.49. The van der Waals surface area contributed by atoms with Gasteiger partial charge in [0.1, 0.15) is 0 Å². The van der Waals surface area contributed by atoms with Gasteiger partial charge in [-0.15, -0.1) is 0 Å². The molecule has 0 atom stereocenters. The van der Waals surface area contributed by atoms with Gasteiger partial charge >= 0.3 is 0 Å². The molecular formula is C9H12FNO3. The first kappa shape index (κ1) is 10.6. The summed E-state index contributed by atoms with van der Waals surface area (Å²) in [4.78, 5) is 0. The highest BCUT2D eigenvalue weighted by molar-refractivity contribution is 5.51. The minimum absolute atomic E-state index is 0.0237. The van der Waals surface area contributed by atoms with E-state index in [9.17, 15) is 14.6 Å². The van der Waals surface area contributed by atoms with Crippen LogP contribution in [0.3, 0.4) is 0 Å². The van der Waals surface area contributed by atoms with Crippen LogP contribution in [0.2, 0.25) is 0 Å². The predicted octanol–water partition coefficient (Wildman–Crippen LogP) is 0.747. The van der Waals surface area contributed by atoms with Gasteiger partial charge < -0.3 is 20.7 Å². The van der Waals surface area contributed by atoms with E-state index in [0.29, 0.717) is 0 Å². The SMILES string of the molecule is COc1cc(O)c(O)c(CCN)c1F. The number of phenols is 2. The normalized spacial score (nSPS) is 10.2. The van der Waals surface area contributed by atoms with Crippen molar-refractivity contribution in [1.82, 2.24) is 0 Å². The number of benzene rings is 1. The van der Waals surface area contributed by atoms with E-state index in [1.807, 2.05) is 0 Å². The zero-order chi connectivity index (χ0) is 10.7. The Morgan fingerprint density at radius 1 is 1.50 bits per heavy atom. The number of ether oxygens (including phenoxy) is 1. The lowest BCUT2D eigenvalue weighted by molar-refractivity contribution is 0.359. The van der Waals surface area contributed by atoms with Crippen molar-refractivity contribution in [2.24, 2.45) is 5.73 Å². The molecule has 1 rings (SSSR count). The van der Waals surface area contributed by atoms with Crippen LogP contribution in [-0.2, 0) is 6.42 Å². The molecule has 0 aliphatic carbocycles. The van der Waals surface area contributed by atoms with Gasteiger partial charge in [0.05, 0.1) is 7.11 Å². The molecule has 5 heteroatoms. The Balaban J connectivity index is 3.29. The van der Waals surface area contributed by atoms with Gasteiger partial charge in [0.25, 0.3) is 0 Å². The molecule has 4 nitrogen and oxygen atoms in total. The molecule has 0 saturated heterocycles. The zero-order valence-corrected chi connectivity index (χ0v) is 7.75. The third-order valence-electron chi connectivity index (χ3n) is 1.89. The van der Waals surface area contributed by atoms with Crippen molar-refractivity contribution < 1.29 is 19.3 Å². The van der Waals surface area contributed by atoms with E-state index in [2.05, 4.69) is 4.74 Å². The van der Waals surface area contributed by atoms with Crippen LogP contribution in [0.15, 0.2) is 6.07 Å². The standard InChI is InChI=1S/C9H12FNO3/c1-14-7-4-6(12)9(13)5(2-3-11)8(7)10/h4,12-13H,2-3,11H2,1H3. The van der Waals surface area contributed by atoms with E-state index in [1.54, 1.807) is 0 Å². The van der Waals surface area contributed by atoms with Crippen LogP contribution in [-0.4, -0.2) is 23.9 Å². The van der Waals surface area contributed by atoms with Crippen LogP contribution >= 0.6 is 0 Å². The van der Waals surface area contributed by atoms with Crippen molar-refractivity contribution in [2.75, 3.05) is 13.7 Å². The maximum Gasteiger partial charge on any atom is 0.172 e. The second kappa shape index (κ2) is 4.15. The first-order valence-corrected chi connectivity index (χ1v) is 4.09. The summed E-state index contributed by atoms with van der Waals surface area (Å²) in [6.45, 7) is 0.178. The van der Waals surface area contributed by atoms with Crippen molar-refractivity contribution >= 4 is 0 Å².